The fourth-order valence-corrected chi connectivity index (χ4v) is 10.5. The number of nitro groups is 1. The Bertz CT molecular complexity index is 2760. The van der Waals surface area contributed by atoms with Gasteiger partial charge in [0.15, 0.2) is 5.75 Å². The first-order chi connectivity index (χ1) is 31.7. The average molecular weight is 943 g/mol. The van der Waals surface area contributed by atoms with E-state index in [1.54, 1.807) is 24.4 Å². The van der Waals surface area contributed by atoms with Crippen LogP contribution in [0.5, 0.6) is 17.2 Å². The number of halogens is 2. The number of ether oxygens (including phenoxy) is 3. The molecule has 2 atom stereocenters. The largest absolute Gasteiger partial charge is 0.486 e. The number of piperazine rings is 1. The number of nitrogens with zero attached hydrogens (tertiary/aromatic N) is 5. The van der Waals surface area contributed by atoms with Crippen LogP contribution in [-0.4, -0.2) is 117 Å². The molecule has 66 heavy (non-hydrogen) atoms. The topological polar surface area (TPSA) is 172 Å². The predicted octanol–water partition coefficient (Wildman–Crippen LogP) is 8.12. The Morgan fingerprint density at radius 3 is 2.52 bits per heavy atom. The number of hydrogen-bond acceptors (Lipinski definition) is 12. The second-order valence-electron chi connectivity index (χ2n) is 18.5. The van der Waals surface area contributed by atoms with E-state index in [0.717, 1.165) is 67.1 Å². The van der Waals surface area contributed by atoms with Crippen LogP contribution in [0.25, 0.3) is 16.6 Å². The first-order valence-corrected chi connectivity index (χ1v) is 24.1. The number of sulfonamides is 1. The van der Waals surface area contributed by atoms with Crippen molar-refractivity contribution in [2.45, 2.75) is 44.0 Å². The first kappa shape index (κ1) is 45.6. The van der Waals surface area contributed by atoms with E-state index in [9.17, 15) is 27.7 Å². The molecule has 15 nitrogen and oxygen atoms in total. The van der Waals surface area contributed by atoms with Crippen molar-refractivity contribution < 1.29 is 36.7 Å². The zero-order valence-corrected chi connectivity index (χ0v) is 38.5. The van der Waals surface area contributed by atoms with Gasteiger partial charge in [-0.1, -0.05) is 43.2 Å². The van der Waals surface area contributed by atoms with E-state index in [-0.39, 0.29) is 47.0 Å². The lowest BCUT2D eigenvalue weighted by atomic mass is 9.72. The molecule has 3 saturated heterocycles. The highest BCUT2D eigenvalue weighted by Gasteiger charge is 2.39. The van der Waals surface area contributed by atoms with Crippen LogP contribution >= 0.6 is 11.6 Å². The molecular weight excluding hydrogens is 889 g/mol. The number of pyridine rings is 1. The highest BCUT2D eigenvalue weighted by Crippen LogP contribution is 2.44. The molecule has 2 N–H and O–H groups in total. The van der Waals surface area contributed by atoms with Gasteiger partial charge >= 0.3 is 5.69 Å². The van der Waals surface area contributed by atoms with Gasteiger partial charge in [0.05, 0.1) is 54.1 Å². The summed E-state index contributed by atoms with van der Waals surface area (Å²) in [6, 6.07) is 20.1. The summed E-state index contributed by atoms with van der Waals surface area (Å²) >= 11 is 6.24. The van der Waals surface area contributed by atoms with Crippen molar-refractivity contribution in [3.8, 4) is 17.2 Å². The minimum Gasteiger partial charge on any atom is -0.486 e. The molecule has 1 aliphatic carbocycles. The van der Waals surface area contributed by atoms with Gasteiger partial charge in [-0.2, -0.15) is 0 Å². The first-order valence-electron chi connectivity index (χ1n) is 22.3. The lowest BCUT2D eigenvalue weighted by Gasteiger charge is -2.39. The summed E-state index contributed by atoms with van der Waals surface area (Å²) in [5.41, 5.74) is 5.03. The number of likely N-dealkylation sites (tertiary alicyclic amines) is 1. The molecular formula is C48H53ClFN7O8S. The summed E-state index contributed by atoms with van der Waals surface area (Å²) < 4.78 is 61.0. The maximum atomic E-state index is 14.0. The van der Waals surface area contributed by atoms with Gasteiger partial charge in [0.1, 0.15) is 17.1 Å². The van der Waals surface area contributed by atoms with Gasteiger partial charge in [0.2, 0.25) is 0 Å². The summed E-state index contributed by atoms with van der Waals surface area (Å²) in [6.45, 7) is 10.2. The van der Waals surface area contributed by atoms with Crippen molar-refractivity contribution in [3.05, 3.63) is 117 Å². The Morgan fingerprint density at radius 1 is 1.02 bits per heavy atom. The summed E-state index contributed by atoms with van der Waals surface area (Å²) in [6.07, 6.45) is 6.41. The minimum atomic E-state index is -4.65. The van der Waals surface area contributed by atoms with E-state index in [0.29, 0.717) is 50.8 Å². The summed E-state index contributed by atoms with van der Waals surface area (Å²) in [7, 11) is -4.65. The second kappa shape index (κ2) is 19.0. The van der Waals surface area contributed by atoms with Gasteiger partial charge in [0.25, 0.3) is 15.9 Å². The van der Waals surface area contributed by atoms with E-state index in [4.69, 9.17) is 25.8 Å². The molecule has 5 aromatic rings. The summed E-state index contributed by atoms with van der Waals surface area (Å²) in [5.74, 6) is -1.27. The number of hydrogen-bond donors (Lipinski definition) is 2. The standard InChI is InChI=1S/C48H53ClFN7O8S/c1-48(2)13-11-33(42(22-48)31-3-5-36(49)6-4-31)25-54-15-17-55(18-16-54)37-7-9-41(45(20-37)65-39-19-32-12-14-51-46(32)52-24-39)47(58)53-66(61,62)40-8-10-44(43(21-40)57(59)60)64-28-35-27-56(26-34(35)23-50)38-29-63-30-38/h3-10,12,14,19-21,24,34-35,38H,11,13,15-18,22-23,25-30H2,1-2H3,(H,51,52)(H,53,58). The second-order valence-corrected chi connectivity index (χ2v) is 20.6. The van der Waals surface area contributed by atoms with E-state index in [1.807, 2.05) is 18.2 Å². The number of rotatable bonds is 15. The number of aromatic nitrogens is 2. The molecule has 348 valence electrons. The van der Waals surface area contributed by atoms with Crippen LogP contribution in [0.4, 0.5) is 15.8 Å². The van der Waals surface area contributed by atoms with Crippen LogP contribution in [0.15, 0.2) is 95.7 Å². The van der Waals surface area contributed by atoms with Crippen LogP contribution in [0.3, 0.4) is 0 Å². The number of allylic oxidation sites excluding steroid dienone is 1. The van der Waals surface area contributed by atoms with Crippen molar-refractivity contribution in [1.29, 1.82) is 0 Å². The number of H-pyrrole nitrogens is 1. The molecule has 2 aromatic heterocycles. The quantitative estimate of drug-likeness (QED) is 0.0764. The van der Waals surface area contributed by atoms with Gasteiger partial charge in [-0.3, -0.25) is 29.1 Å². The number of amides is 1. The normalized spacial score (nSPS) is 20.6. The van der Waals surface area contributed by atoms with Gasteiger partial charge in [-0.05, 0) is 84.3 Å². The van der Waals surface area contributed by atoms with Crippen LogP contribution in [-0.2, 0) is 14.8 Å². The Balaban J connectivity index is 0.912. The predicted molar refractivity (Wildman–Crippen MR) is 250 cm³/mol. The van der Waals surface area contributed by atoms with Gasteiger partial charge in [-0.15, -0.1) is 0 Å². The summed E-state index contributed by atoms with van der Waals surface area (Å²) in [4.78, 5) is 39.2. The number of carbonyl (C=O) groups is 1. The maximum absolute atomic E-state index is 14.0. The molecule has 0 spiro atoms. The molecule has 1 amide bonds. The fraction of sp³-hybridized carbons (Fsp3) is 0.417. The number of anilines is 1. The number of fused-ring (bicyclic) bond motifs is 1. The maximum Gasteiger partial charge on any atom is 0.312 e. The van der Waals surface area contributed by atoms with E-state index >= 15 is 0 Å². The van der Waals surface area contributed by atoms with Gasteiger partial charge in [-0.25, -0.2) is 18.1 Å². The average Bonchev–Trinajstić information content (AvgIpc) is 3.92. The fourth-order valence-electron chi connectivity index (χ4n) is 9.41. The molecule has 5 heterocycles. The lowest BCUT2D eigenvalue weighted by molar-refractivity contribution is -0.386. The highest BCUT2D eigenvalue weighted by atomic mass is 35.5. The molecule has 0 radical (unpaired) electrons. The SMILES string of the molecule is CC1(C)CCC(CN2CCN(c3ccc(C(=O)NS(=O)(=O)c4ccc(OCC5CN(C6COC6)CC5CF)c([N+](=O)[O-])c4)c(Oc4cnc5[nH]ccc5c4)c3)CC2)=C(c2ccc(Cl)cc2)C1. The van der Waals surface area contributed by atoms with Crippen LogP contribution in [0, 0.1) is 27.4 Å². The van der Waals surface area contributed by atoms with E-state index in [1.165, 1.54) is 35.0 Å². The zero-order valence-electron chi connectivity index (χ0n) is 36.9. The Labute approximate surface area is 388 Å². The monoisotopic (exact) mass is 941 g/mol. The third-order valence-electron chi connectivity index (χ3n) is 13.4. The number of nitro benzene ring substituents is 1. The van der Waals surface area contributed by atoms with Gasteiger partial charge < -0.3 is 24.1 Å². The van der Waals surface area contributed by atoms with Crippen molar-refractivity contribution in [1.82, 2.24) is 24.5 Å². The summed E-state index contributed by atoms with van der Waals surface area (Å²) in [5, 5.41) is 13.7. The van der Waals surface area contributed by atoms with Crippen molar-refractivity contribution in [2.24, 2.45) is 17.3 Å². The lowest BCUT2D eigenvalue weighted by Crippen LogP contribution is -2.48. The molecule has 3 aliphatic heterocycles. The number of aromatic amines is 1. The molecule has 3 fully saturated rings. The Kier molecular flexibility index (Phi) is 13.1. The van der Waals surface area contributed by atoms with E-state index < -0.39 is 38.1 Å². The number of benzene rings is 3. The van der Waals surface area contributed by atoms with Crippen molar-refractivity contribution >= 4 is 55.5 Å². The Hall–Kier alpha value is -5.59. The molecule has 0 bridgehead atoms. The van der Waals surface area contributed by atoms with Gasteiger partial charge in [0, 0.05) is 92.1 Å². The molecule has 9 rings (SSSR count). The van der Waals surface area contributed by atoms with Crippen LogP contribution in [0.1, 0.15) is 49.0 Å². The molecule has 0 saturated carbocycles. The third kappa shape index (κ3) is 10.0. The van der Waals surface area contributed by atoms with Crippen LogP contribution < -0.4 is 19.1 Å². The molecule has 4 aliphatic rings. The van der Waals surface area contributed by atoms with Crippen LogP contribution in [0.2, 0.25) is 5.02 Å². The third-order valence-corrected chi connectivity index (χ3v) is 15.0. The Morgan fingerprint density at radius 2 is 1.79 bits per heavy atom. The smallest absolute Gasteiger partial charge is 0.312 e. The minimum absolute atomic E-state index is 0.00614. The zero-order chi connectivity index (χ0) is 46.2. The number of carbonyl (C=O) groups excluding carboxylic acids is 1. The number of alkyl halides is 1. The van der Waals surface area contributed by atoms with Crippen molar-refractivity contribution in [3.63, 3.8) is 0 Å². The molecule has 2 unspecified atom stereocenters. The van der Waals surface area contributed by atoms with Crippen molar-refractivity contribution in [2.75, 3.05) is 77.2 Å². The number of nitrogens with one attached hydrogen (secondary N) is 2. The van der Waals surface area contributed by atoms with E-state index in [2.05, 4.69) is 55.4 Å². The molecule has 3 aromatic carbocycles. The highest BCUT2D eigenvalue weighted by molar-refractivity contribution is 7.90. The molecule has 18 heteroatoms.